The van der Waals surface area contributed by atoms with E-state index < -0.39 is 27.9 Å². The highest BCUT2D eigenvalue weighted by Crippen LogP contribution is 2.30. The highest BCUT2D eigenvalue weighted by Gasteiger charge is 2.23. The van der Waals surface area contributed by atoms with Crippen LogP contribution in [-0.4, -0.2) is 42.4 Å². The van der Waals surface area contributed by atoms with Crippen molar-refractivity contribution in [2.45, 2.75) is 30.6 Å². The van der Waals surface area contributed by atoms with Gasteiger partial charge in [0.2, 0.25) is 0 Å². The van der Waals surface area contributed by atoms with Gasteiger partial charge < -0.3 is 19.9 Å². The number of aliphatic carboxylic acids is 1. The molecule has 13 heteroatoms. The van der Waals surface area contributed by atoms with Gasteiger partial charge in [0.05, 0.1) is 20.9 Å². The van der Waals surface area contributed by atoms with Gasteiger partial charge in [-0.2, -0.15) is 0 Å². The number of ether oxygens (including phenoxy) is 2. The number of nitrogens with zero attached hydrogens (tertiary/aromatic N) is 1. The van der Waals surface area contributed by atoms with Gasteiger partial charge in [0, 0.05) is 15.6 Å². The summed E-state index contributed by atoms with van der Waals surface area (Å²) in [6.07, 6.45) is -0.777. The monoisotopic (exact) mass is 684 g/mol. The Bertz CT molecular complexity index is 1930. The van der Waals surface area contributed by atoms with Crippen LogP contribution in [0.2, 0.25) is 10.0 Å². The van der Waals surface area contributed by atoms with E-state index in [2.05, 4.69) is 10.3 Å². The maximum Gasteiger partial charge on any atom is 0.366 e. The van der Waals surface area contributed by atoms with Gasteiger partial charge >= 0.3 is 5.97 Å². The number of sulfone groups is 1. The summed E-state index contributed by atoms with van der Waals surface area (Å²) in [5, 5.41) is 13.6. The fourth-order valence-electron chi connectivity index (χ4n) is 4.33. The van der Waals surface area contributed by atoms with E-state index in [1.807, 2.05) is 12.1 Å². The van der Waals surface area contributed by atoms with Gasteiger partial charge in [-0.05, 0) is 90.7 Å². The first-order chi connectivity index (χ1) is 21.6. The Morgan fingerprint density at radius 3 is 2.38 bits per heavy atom. The maximum absolute atomic E-state index is 12.9. The Kier molecular flexibility index (Phi) is 10.2. The Labute approximate surface area is 273 Å². The third-order valence-electron chi connectivity index (χ3n) is 6.60. The van der Waals surface area contributed by atoms with Gasteiger partial charge in [0.1, 0.15) is 12.4 Å². The second kappa shape index (κ2) is 14.3. The Morgan fingerprint density at radius 2 is 1.64 bits per heavy atom. The van der Waals surface area contributed by atoms with Gasteiger partial charge in [-0.25, -0.2) is 18.2 Å². The zero-order chi connectivity index (χ0) is 32.0. The Hall–Kier alpha value is -4.16. The molecule has 1 unspecified atom stereocenters. The minimum atomic E-state index is -3.44. The highest BCUT2D eigenvalue weighted by molar-refractivity contribution is 7.91. The molecule has 0 radical (unpaired) electrons. The summed E-state index contributed by atoms with van der Waals surface area (Å²) in [6.45, 7) is 0.146. The smallest absolute Gasteiger partial charge is 0.366 e. The summed E-state index contributed by atoms with van der Waals surface area (Å²) >= 11 is 13.2. The number of fused-ring (bicyclic) bond motifs is 1. The zero-order valence-electron chi connectivity index (χ0n) is 23.5. The molecule has 1 aromatic heterocycles. The Balaban J connectivity index is 1.14. The number of carboxylic acids is 1. The fraction of sp³-hybridized carbons (Fsp3) is 0.156. The lowest BCUT2D eigenvalue weighted by Gasteiger charge is -2.17. The molecule has 232 valence electrons. The summed E-state index contributed by atoms with van der Waals surface area (Å²) in [7, 11) is -3.44. The quantitative estimate of drug-likeness (QED) is 0.129. The lowest BCUT2D eigenvalue weighted by Crippen LogP contribution is -2.45. The van der Waals surface area contributed by atoms with Crippen LogP contribution >= 0.6 is 34.5 Å². The number of halogens is 2. The van der Waals surface area contributed by atoms with Crippen molar-refractivity contribution in [3.05, 3.63) is 118 Å². The number of amides is 1. The highest BCUT2D eigenvalue weighted by atomic mass is 35.5. The SMILES string of the molecule is O=C(NC(Oc1ccc(CCCS(=O)(=O)c2ccc(Cl)cc2)cc1)C(=O)O)c1cccc(COc2nc3ccc(Cl)cc3s2)c1. The molecule has 0 saturated heterocycles. The molecule has 0 fully saturated rings. The molecule has 45 heavy (non-hydrogen) atoms. The molecule has 2 N–H and O–H groups in total. The van der Waals surface area contributed by atoms with E-state index in [4.69, 9.17) is 32.7 Å². The van der Waals surface area contributed by atoms with Crippen molar-refractivity contribution < 1.29 is 32.6 Å². The first kappa shape index (κ1) is 32.2. The van der Waals surface area contributed by atoms with Gasteiger partial charge in [-0.3, -0.25) is 4.79 Å². The second-order valence-electron chi connectivity index (χ2n) is 9.91. The van der Waals surface area contributed by atoms with Crippen LogP contribution in [0.5, 0.6) is 10.9 Å². The molecule has 0 aliphatic carbocycles. The number of carbonyl (C=O) groups excluding carboxylic acids is 1. The van der Waals surface area contributed by atoms with E-state index in [-0.39, 0.29) is 28.6 Å². The number of carbonyl (C=O) groups is 2. The topological polar surface area (TPSA) is 132 Å². The van der Waals surface area contributed by atoms with Crippen molar-refractivity contribution in [2.24, 2.45) is 0 Å². The molecule has 0 bridgehead atoms. The molecular weight excluding hydrogens is 659 g/mol. The van der Waals surface area contributed by atoms with Crippen LogP contribution in [0.25, 0.3) is 10.2 Å². The van der Waals surface area contributed by atoms with Crippen LogP contribution in [0.4, 0.5) is 0 Å². The third kappa shape index (κ3) is 8.73. The lowest BCUT2D eigenvalue weighted by molar-refractivity contribution is -0.146. The minimum Gasteiger partial charge on any atom is -0.477 e. The predicted octanol–water partition coefficient (Wildman–Crippen LogP) is 6.81. The minimum absolute atomic E-state index is 0.0371. The van der Waals surface area contributed by atoms with Crippen LogP contribution in [0.1, 0.15) is 27.9 Å². The number of thiazole rings is 1. The van der Waals surface area contributed by atoms with E-state index in [9.17, 15) is 23.1 Å². The van der Waals surface area contributed by atoms with Crippen molar-refractivity contribution in [3.63, 3.8) is 0 Å². The average Bonchev–Trinajstić information content (AvgIpc) is 3.43. The van der Waals surface area contributed by atoms with E-state index in [0.29, 0.717) is 33.6 Å². The molecule has 0 aliphatic heterocycles. The molecule has 0 saturated carbocycles. The molecule has 5 rings (SSSR count). The number of carboxylic acid groups (broad SMARTS) is 1. The lowest BCUT2D eigenvalue weighted by atomic mass is 10.1. The number of hydrogen-bond acceptors (Lipinski definition) is 8. The summed E-state index contributed by atoms with van der Waals surface area (Å²) in [4.78, 5) is 29.4. The average molecular weight is 686 g/mol. The maximum atomic E-state index is 12.9. The number of aromatic nitrogens is 1. The molecule has 1 amide bonds. The van der Waals surface area contributed by atoms with Crippen LogP contribution in [0, 0.1) is 0 Å². The summed E-state index contributed by atoms with van der Waals surface area (Å²) < 4.78 is 37.3. The molecule has 1 heterocycles. The summed E-state index contributed by atoms with van der Waals surface area (Å²) in [5.74, 6) is -1.84. The molecule has 0 spiro atoms. The van der Waals surface area contributed by atoms with Crippen molar-refractivity contribution in [1.82, 2.24) is 10.3 Å². The van der Waals surface area contributed by atoms with Crippen LogP contribution in [0.3, 0.4) is 0 Å². The van der Waals surface area contributed by atoms with E-state index in [0.717, 1.165) is 15.8 Å². The van der Waals surface area contributed by atoms with Crippen molar-refractivity contribution in [3.8, 4) is 10.9 Å². The molecule has 1 atom stereocenters. The second-order valence-corrected chi connectivity index (χ2v) is 13.9. The normalized spacial score (nSPS) is 12.0. The number of benzene rings is 4. The van der Waals surface area contributed by atoms with Gasteiger partial charge in [-0.1, -0.05) is 58.8 Å². The third-order valence-corrected chi connectivity index (χ3v) is 9.83. The van der Waals surface area contributed by atoms with Gasteiger partial charge in [0.25, 0.3) is 17.3 Å². The molecular formula is C32H26Cl2N2O7S2. The first-order valence-corrected chi connectivity index (χ1v) is 16.8. The Morgan fingerprint density at radius 1 is 0.911 bits per heavy atom. The number of hydrogen-bond donors (Lipinski definition) is 2. The van der Waals surface area contributed by atoms with E-state index in [1.54, 1.807) is 54.6 Å². The predicted molar refractivity (Wildman–Crippen MR) is 173 cm³/mol. The van der Waals surface area contributed by atoms with Crippen LogP contribution in [0.15, 0.2) is 95.9 Å². The molecule has 5 aromatic rings. The largest absolute Gasteiger partial charge is 0.477 e. The number of nitrogens with one attached hydrogen (secondary N) is 1. The fourth-order valence-corrected chi connectivity index (χ4v) is 6.86. The van der Waals surface area contributed by atoms with Gasteiger partial charge in [0.15, 0.2) is 9.84 Å². The molecule has 9 nitrogen and oxygen atoms in total. The standard InChI is InChI=1S/C32H26Cl2N2O7S2/c33-23-8-13-26(14-9-23)45(40,41)16-2-4-20-6-11-25(12-7-20)43-30(31(38)39)36-29(37)22-5-1-3-21(17-22)19-42-32-35-27-15-10-24(34)18-28(27)44-32/h1,3,5-15,17-18,30H,2,4,16,19H2,(H,36,37)(H,38,39). The van der Waals surface area contributed by atoms with Crippen molar-refractivity contribution >= 4 is 66.5 Å². The van der Waals surface area contributed by atoms with E-state index >= 15 is 0 Å². The first-order valence-electron chi connectivity index (χ1n) is 13.6. The summed E-state index contributed by atoms with van der Waals surface area (Å²) in [5.41, 5.74) is 2.52. The van der Waals surface area contributed by atoms with Crippen LogP contribution in [-0.2, 0) is 27.7 Å². The molecule has 0 aliphatic rings. The zero-order valence-corrected chi connectivity index (χ0v) is 26.6. The van der Waals surface area contributed by atoms with E-state index in [1.165, 1.54) is 35.6 Å². The van der Waals surface area contributed by atoms with Gasteiger partial charge in [-0.15, -0.1) is 0 Å². The summed E-state index contributed by atoms with van der Waals surface area (Å²) in [6, 6.07) is 24.6. The number of rotatable bonds is 13. The van der Waals surface area contributed by atoms with Crippen molar-refractivity contribution in [2.75, 3.05) is 5.75 Å². The molecule has 4 aromatic carbocycles. The number of aryl methyl sites for hydroxylation is 1. The van der Waals surface area contributed by atoms with Crippen LogP contribution < -0.4 is 14.8 Å². The van der Waals surface area contributed by atoms with Crippen molar-refractivity contribution in [1.29, 1.82) is 0 Å².